The van der Waals surface area contributed by atoms with Crippen molar-refractivity contribution in [3.05, 3.63) is 28.8 Å². The van der Waals surface area contributed by atoms with E-state index in [4.69, 9.17) is 26.8 Å². The maximum Gasteiger partial charge on any atom is 0.137 e. The van der Waals surface area contributed by atoms with Crippen molar-refractivity contribution in [3.63, 3.8) is 0 Å². The first-order valence-corrected chi connectivity index (χ1v) is 5.70. The first-order valence-electron chi connectivity index (χ1n) is 5.32. The molecule has 0 aromatic heterocycles. The number of hydrogen-bond acceptors (Lipinski definition) is 3. The van der Waals surface area contributed by atoms with Crippen LogP contribution in [-0.2, 0) is 11.3 Å². The van der Waals surface area contributed by atoms with Crippen LogP contribution in [0.2, 0.25) is 5.02 Å². The Labute approximate surface area is 100 Å². The summed E-state index contributed by atoms with van der Waals surface area (Å²) in [5.74, 6) is 0.715. The van der Waals surface area contributed by atoms with Crippen LogP contribution in [0.5, 0.6) is 5.75 Å². The Morgan fingerprint density at radius 3 is 2.75 bits per heavy atom. The van der Waals surface area contributed by atoms with Crippen molar-refractivity contribution in [1.82, 2.24) is 0 Å². The zero-order valence-corrected chi connectivity index (χ0v) is 10.1. The van der Waals surface area contributed by atoms with Crippen LogP contribution in [0.1, 0.15) is 12.5 Å². The summed E-state index contributed by atoms with van der Waals surface area (Å²) < 4.78 is 10.9. The number of benzene rings is 1. The molecule has 1 heterocycles. The van der Waals surface area contributed by atoms with E-state index < -0.39 is 0 Å². The average Bonchev–Trinajstić information content (AvgIpc) is 2.25. The van der Waals surface area contributed by atoms with Crippen molar-refractivity contribution in [2.24, 2.45) is 11.1 Å². The van der Waals surface area contributed by atoms with E-state index >= 15 is 0 Å². The predicted molar refractivity (Wildman–Crippen MR) is 63.8 cm³/mol. The fourth-order valence-electron chi connectivity index (χ4n) is 1.57. The maximum absolute atomic E-state index is 6.09. The molecule has 1 aliphatic rings. The van der Waals surface area contributed by atoms with Gasteiger partial charge in [0.05, 0.1) is 24.8 Å². The summed E-state index contributed by atoms with van der Waals surface area (Å²) in [4.78, 5) is 0. The van der Waals surface area contributed by atoms with Gasteiger partial charge in [0.15, 0.2) is 0 Å². The van der Waals surface area contributed by atoms with E-state index in [0.717, 1.165) is 18.8 Å². The Bertz CT molecular complexity index is 377. The summed E-state index contributed by atoms with van der Waals surface area (Å²) in [5, 5.41) is 0.617. The molecule has 0 bridgehead atoms. The van der Waals surface area contributed by atoms with Gasteiger partial charge >= 0.3 is 0 Å². The van der Waals surface area contributed by atoms with Crippen LogP contribution in [0.25, 0.3) is 0 Å². The molecular formula is C12H16ClNO2. The molecule has 1 aromatic rings. The summed E-state index contributed by atoms with van der Waals surface area (Å²) in [6.07, 6.45) is 0. The van der Waals surface area contributed by atoms with Crippen LogP contribution in [0.3, 0.4) is 0 Å². The van der Waals surface area contributed by atoms with Crippen molar-refractivity contribution in [3.8, 4) is 5.75 Å². The van der Waals surface area contributed by atoms with Crippen LogP contribution in [0, 0.1) is 5.41 Å². The fourth-order valence-corrected chi connectivity index (χ4v) is 1.83. The lowest BCUT2D eigenvalue weighted by Crippen LogP contribution is -2.44. The molecule has 88 valence electrons. The lowest BCUT2D eigenvalue weighted by Gasteiger charge is -2.37. The van der Waals surface area contributed by atoms with Gasteiger partial charge in [-0.05, 0) is 17.7 Å². The summed E-state index contributed by atoms with van der Waals surface area (Å²) in [5.41, 5.74) is 6.67. The third-order valence-electron chi connectivity index (χ3n) is 2.71. The second-order valence-corrected chi connectivity index (χ2v) is 4.97. The lowest BCUT2D eigenvalue weighted by molar-refractivity contribution is -0.120. The van der Waals surface area contributed by atoms with Crippen LogP contribution >= 0.6 is 11.6 Å². The summed E-state index contributed by atoms with van der Waals surface area (Å²) in [7, 11) is 0. The van der Waals surface area contributed by atoms with Gasteiger partial charge in [-0.3, -0.25) is 0 Å². The van der Waals surface area contributed by atoms with Gasteiger partial charge in [-0.2, -0.15) is 0 Å². The normalized spacial score (nSPS) is 17.9. The molecule has 1 fully saturated rings. The quantitative estimate of drug-likeness (QED) is 0.879. The molecular weight excluding hydrogens is 226 g/mol. The van der Waals surface area contributed by atoms with E-state index in [1.165, 1.54) is 0 Å². The largest absolute Gasteiger partial charge is 0.491 e. The SMILES string of the molecule is CC1(COc2ccc(CN)cc2Cl)COC1. The molecule has 2 N–H and O–H groups in total. The van der Waals surface area contributed by atoms with Crippen molar-refractivity contribution < 1.29 is 9.47 Å². The minimum Gasteiger partial charge on any atom is -0.491 e. The zero-order chi connectivity index (χ0) is 11.6. The predicted octanol–water partition coefficient (Wildman–Crippen LogP) is 2.21. The molecule has 1 aromatic carbocycles. The summed E-state index contributed by atoms with van der Waals surface area (Å²) in [6, 6.07) is 5.64. The summed E-state index contributed by atoms with van der Waals surface area (Å²) in [6.45, 7) is 4.77. The van der Waals surface area contributed by atoms with E-state index in [1.54, 1.807) is 0 Å². The van der Waals surface area contributed by atoms with Crippen LogP contribution < -0.4 is 10.5 Å². The topological polar surface area (TPSA) is 44.5 Å². The van der Waals surface area contributed by atoms with Gasteiger partial charge in [0, 0.05) is 12.0 Å². The van der Waals surface area contributed by atoms with E-state index in [-0.39, 0.29) is 5.41 Å². The molecule has 0 amide bonds. The molecule has 0 atom stereocenters. The third-order valence-corrected chi connectivity index (χ3v) is 3.00. The molecule has 2 rings (SSSR count). The maximum atomic E-state index is 6.09. The molecule has 4 heteroatoms. The highest BCUT2D eigenvalue weighted by Crippen LogP contribution is 2.30. The minimum absolute atomic E-state index is 0.135. The highest BCUT2D eigenvalue weighted by atomic mass is 35.5. The van der Waals surface area contributed by atoms with E-state index in [9.17, 15) is 0 Å². The van der Waals surface area contributed by atoms with Gasteiger partial charge in [0.1, 0.15) is 5.75 Å². The van der Waals surface area contributed by atoms with Crippen molar-refractivity contribution in [2.75, 3.05) is 19.8 Å². The van der Waals surface area contributed by atoms with E-state index in [1.807, 2.05) is 18.2 Å². The Balaban J connectivity index is 1.98. The number of rotatable bonds is 4. The second kappa shape index (κ2) is 4.62. The van der Waals surface area contributed by atoms with Gasteiger partial charge in [-0.15, -0.1) is 0 Å². The Hall–Kier alpha value is -0.770. The molecule has 3 nitrogen and oxygen atoms in total. The van der Waals surface area contributed by atoms with Crippen molar-refractivity contribution >= 4 is 11.6 Å². The molecule has 16 heavy (non-hydrogen) atoms. The number of ether oxygens (including phenoxy) is 2. The molecule has 0 unspecified atom stereocenters. The number of halogens is 1. The lowest BCUT2D eigenvalue weighted by atomic mass is 9.90. The van der Waals surface area contributed by atoms with Gasteiger partial charge in [-0.1, -0.05) is 24.6 Å². The standard InChI is InChI=1S/C12H16ClNO2/c1-12(6-15-7-12)8-16-11-3-2-9(5-14)4-10(11)13/h2-4H,5-8,14H2,1H3. The molecule has 1 saturated heterocycles. The van der Waals surface area contributed by atoms with Gasteiger partial charge in [0.2, 0.25) is 0 Å². The Morgan fingerprint density at radius 1 is 1.50 bits per heavy atom. The number of nitrogens with two attached hydrogens (primary N) is 1. The monoisotopic (exact) mass is 241 g/mol. The number of hydrogen-bond donors (Lipinski definition) is 1. The third kappa shape index (κ3) is 2.48. The van der Waals surface area contributed by atoms with Gasteiger partial charge < -0.3 is 15.2 Å². The zero-order valence-electron chi connectivity index (χ0n) is 9.33. The highest BCUT2D eigenvalue weighted by molar-refractivity contribution is 6.32. The first kappa shape index (κ1) is 11.7. The molecule has 0 saturated carbocycles. The van der Waals surface area contributed by atoms with E-state index in [0.29, 0.717) is 23.9 Å². The summed E-state index contributed by atoms with van der Waals surface area (Å²) >= 11 is 6.09. The fraction of sp³-hybridized carbons (Fsp3) is 0.500. The Kier molecular flexibility index (Phi) is 3.38. The smallest absolute Gasteiger partial charge is 0.137 e. The van der Waals surface area contributed by atoms with Crippen molar-refractivity contribution in [2.45, 2.75) is 13.5 Å². The minimum atomic E-state index is 0.135. The second-order valence-electron chi connectivity index (χ2n) is 4.56. The van der Waals surface area contributed by atoms with E-state index in [2.05, 4.69) is 6.92 Å². The molecule has 0 spiro atoms. The molecule has 1 aliphatic heterocycles. The average molecular weight is 242 g/mol. The Morgan fingerprint density at radius 2 is 2.25 bits per heavy atom. The molecule has 0 aliphatic carbocycles. The molecule has 0 radical (unpaired) electrons. The van der Waals surface area contributed by atoms with Crippen molar-refractivity contribution in [1.29, 1.82) is 0 Å². The van der Waals surface area contributed by atoms with Crippen LogP contribution in [-0.4, -0.2) is 19.8 Å². The highest BCUT2D eigenvalue weighted by Gasteiger charge is 2.34. The van der Waals surface area contributed by atoms with Crippen LogP contribution in [0.4, 0.5) is 0 Å². The van der Waals surface area contributed by atoms with Crippen LogP contribution in [0.15, 0.2) is 18.2 Å². The van der Waals surface area contributed by atoms with Gasteiger partial charge in [0.25, 0.3) is 0 Å². The first-order chi connectivity index (χ1) is 7.63. The van der Waals surface area contributed by atoms with Gasteiger partial charge in [-0.25, -0.2) is 0 Å².